The Morgan fingerprint density at radius 2 is 2.00 bits per heavy atom. The van der Waals surface area contributed by atoms with Gasteiger partial charge in [-0.25, -0.2) is 20.0 Å². The van der Waals surface area contributed by atoms with Crippen molar-refractivity contribution in [3.63, 3.8) is 0 Å². The van der Waals surface area contributed by atoms with E-state index in [9.17, 15) is 9.59 Å². The zero-order valence-electron chi connectivity index (χ0n) is 8.71. The Balaban J connectivity index is 2.33. The van der Waals surface area contributed by atoms with Crippen molar-refractivity contribution in [3.05, 3.63) is 35.9 Å². The predicted octanol–water partition coefficient (Wildman–Crippen LogP) is 1.44. The molecule has 1 aromatic rings. The van der Waals surface area contributed by atoms with Crippen LogP contribution in [0.2, 0.25) is 0 Å². The Morgan fingerprint density at radius 3 is 2.56 bits per heavy atom. The van der Waals surface area contributed by atoms with Gasteiger partial charge >= 0.3 is 12.2 Å². The summed E-state index contributed by atoms with van der Waals surface area (Å²) in [6, 6.07) is 9.09. The largest absolute Gasteiger partial charge is 0.464 e. The van der Waals surface area contributed by atoms with Gasteiger partial charge in [0.2, 0.25) is 0 Å². The molecule has 0 aromatic heterocycles. The van der Waals surface area contributed by atoms with Crippen LogP contribution >= 0.6 is 0 Å². The van der Waals surface area contributed by atoms with Crippen molar-refractivity contribution in [2.75, 3.05) is 7.05 Å². The van der Waals surface area contributed by atoms with Crippen molar-refractivity contribution in [1.29, 1.82) is 0 Å². The van der Waals surface area contributed by atoms with Crippen molar-refractivity contribution in [2.45, 2.75) is 6.61 Å². The first-order chi connectivity index (χ1) is 7.59. The Labute approximate surface area is 92.4 Å². The van der Waals surface area contributed by atoms with Gasteiger partial charge < -0.3 is 9.84 Å². The summed E-state index contributed by atoms with van der Waals surface area (Å²) in [6.45, 7) is 0.0974. The second-order valence-corrected chi connectivity index (χ2v) is 3.02. The summed E-state index contributed by atoms with van der Waals surface area (Å²) in [5, 5.41) is 9.09. The standard InChI is InChI=1S/C10H12N2O4/c1-12(10(14)15)11-9(13)16-7-8-5-3-2-4-6-8/h2-6H,7H2,1H3,(H,11,13)(H,14,15). The van der Waals surface area contributed by atoms with Crippen LogP contribution in [0.1, 0.15) is 5.56 Å². The lowest BCUT2D eigenvalue weighted by Gasteiger charge is -2.13. The van der Waals surface area contributed by atoms with Crippen LogP contribution in [0.25, 0.3) is 0 Å². The Morgan fingerprint density at radius 1 is 1.38 bits per heavy atom. The molecule has 0 spiro atoms. The van der Waals surface area contributed by atoms with Crippen molar-refractivity contribution < 1.29 is 19.4 Å². The molecule has 0 aliphatic heterocycles. The molecule has 1 rings (SSSR count). The van der Waals surface area contributed by atoms with Gasteiger partial charge in [-0.3, -0.25) is 0 Å². The molecule has 1 aromatic carbocycles. The molecular formula is C10H12N2O4. The van der Waals surface area contributed by atoms with E-state index in [0.717, 1.165) is 5.56 Å². The zero-order chi connectivity index (χ0) is 12.0. The number of carbonyl (C=O) groups excluding carboxylic acids is 1. The number of nitrogens with zero attached hydrogens (tertiary/aromatic N) is 1. The molecule has 0 unspecified atom stereocenters. The third-order valence-electron chi connectivity index (χ3n) is 1.76. The van der Waals surface area contributed by atoms with E-state index in [2.05, 4.69) is 0 Å². The van der Waals surface area contributed by atoms with Gasteiger partial charge in [0, 0.05) is 7.05 Å². The summed E-state index contributed by atoms with van der Waals surface area (Å²) >= 11 is 0. The number of hydrogen-bond donors (Lipinski definition) is 2. The van der Waals surface area contributed by atoms with Crippen LogP contribution in [0.3, 0.4) is 0 Å². The second kappa shape index (κ2) is 5.59. The number of nitrogens with one attached hydrogen (secondary N) is 1. The lowest BCUT2D eigenvalue weighted by atomic mass is 10.2. The van der Waals surface area contributed by atoms with Gasteiger partial charge in [-0.15, -0.1) is 0 Å². The molecule has 0 saturated carbocycles. The Hall–Kier alpha value is -2.24. The van der Waals surface area contributed by atoms with E-state index in [1.54, 1.807) is 12.1 Å². The summed E-state index contributed by atoms with van der Waals surface area (Å²) in [7, 11) is 1.20. The minimum atomic E-state index is -1.27. The minimum absolute atomic E-state index is 0.0974. The minimum Gasteiger partial charge on any atom is -0.464 e. The molecule has 0 fully saturated rings. The van der Waals surface area contributed by atoms with Gasteiger partial charge in [0.15, 0.2) is 0 Å². The summed E-state index contributed by atoms with van der Waals surface area (Å²) in [5.41, 5.74) is 2.85. The number of hydrazine groups is 1. The Kier molecular flexibility index (Phi) is 4.14. The first-order valence-electron chi connectivity index (χ1n) is 4.53. The van der Waals surface area contributed by atoms with Gasteiger partial charge in [-0.05, 0) is 5.56 Å². The molecule has 0 aliphatic rings. The number of carbonyl (C=O) groups is 2. The average Bonchev–Trinajstić information content (AvgIpc) is 2.27. The molecule has 0 bridgehead atoms. The number of amides is 2. The highest BCUT2D eigenvalue weighted by Gasteiger charge is 2.10. The smallest absolute Gasteiger partial charge is 0.426 e. The zero-order valence-corrected chi connectivity index (χ0v) is 8.71. The van der Waals surface area contributed by atoms with Gasteiger partial charge in [-0.1, -0.05) is 30.3 Å². The van der Waals surface area contributed by atoms with Crippen LogP contribution in [0.4, 0.5) is 9.59 Å². The van der Waals surface area contributed by atoms with Crippen LogP contribution in [0.15, 0.2) is 30.3 Å². The van der Waals surface area contributed by atoms with E-state index in [0.29, 0.717) is 5.01 Å². The molecule has 86 valence electrons. The highest BCUT2D eigenvalue weighted by molar-refractivity contribution is 5.72. The van der Waals surface area contributed by atoms with E-state index in [1.807, 2.05) is 23.6 Å². The van der Waals surface area contributed by atoms with Gasteiger partial charge in [-0.2, -0.15) is 0 Å². The van der Waals surface area contributed by atoms with Crippen LogP contribution in [0, 0.1) is 0 Å². The fourth-order valence-electron chi connectivity index (χ4n) is 0.940. The molecule has 16 heavy (non-hydrogen) atoms. The van der Waals surface area contributed by atoms with E-state index >= 15 is 0 Å². The van der Waals surface area contributed by atoms with E-state index < -0.39 is 12.2 Å². The summed E-state index contributed by atoms with van der Waals surface area (Å²) in [4.78, 5) is 21.5. The molecule has 0 saturated heterocycles. The summed E-state index contributed by atoms with van der Waals surface area (Å²) < 4.78 is 4.79. The first kappa shape index (κ1) is 11.8. The normalized spacial score (nSPS) is 9.31. The number of rotatable bonds is 2. The van der Waals surface area contributed by atoms with Gasteiger partial charge in [0.1, 0.15) is 6.61 Å². The van der Waals surface area contributed by atoms with E-state index in [4.69, 9.17) is 9.84 Å². The Bertz CT molecular complexity index is 366. The van der Waals surface area contributed by atoms with Crippen molar-refractivity contribution in [2.24, 2.45) is 0 Å². The van der Waals surface area contributed by atoms with Gasteiger partial charge in [0.25, 0.3) is 0 Å². The third kappa shape index (κ3) is 3.87. The van der Waals surface area contributed by atoms with E-state index in [1.165, 1.54) is 7.05 Å². The average molecular weight is 224 g/mol. The fourth-order valence-corrected chi connectivity index (χ4v) is 0.940. The third-order valence-corrected chi connectivity index (χ3v) is 1.76. The maximum Gasteiger partial charge on any atom is 0.426 e. The van der Waals surface area contributed by atoms with Crippen LogP contribution in [0.5, 0.6) is 0 Å². The molecule has 2 N–H and O–H groups in total. The number of carboxylic acid groups (broad SMARTS) is 1. The van der Waals surface area contributed by atoms with E-state index in [-0.39, 0.29) is 6.61 Å². The molecule has 2 amide bonds. The predicted molar refractivity (Wildman–Crippen MR) is 55.6 cm³/mol. The van der Waals surface area contributed by atoms with Crippen molar-refractivity contribution in [1.82, 2.24) is 10.4 Å². The molecule has 6 heteroatoms. The number of benzene rings is 1. The molecular weight excluding hydrogens is 212 g/mol. The van der Waals surface area contributed by atoms with Gasteiger partial charge in [0.05, 0.1) is 0 Å². The highest BCUT2D eigenvalue weighted by Crippen LogP contribution is 2.00. The topological polar surface area (TPSA) is 78.9 Å². The monoisotopic (exact) mass is 224 g/mol. The second-order valence-electron chi connectivity index (χ2n) is 3.02. The van der Waals surface area contributed by atoms with Crippen LogP contribution in [-0.4, -0.2) is 29.3 Å². The van der Waals surface area contributed by atoms with Crippen LogP contribution < -0.4 is 5.43 Å². The molecule has 0 heterocycles. The lowest BCUT2D eigenvalue weighted by molar-refractivity contribution is 0.0986. The lowest BCUT2D eigenvalue weighted by Crippen LogP contribution is -2.42. The maximum absolute atomic E-state index is 11.1. The molecule has 0 aliphatic carbocycles. The molecule has 6 nitrogen and oxygen atoms in total. The van der Waals surface area contributed by atoms with Crippen molar-refractivity contribution in [3.8, 4) is 0 Å². The number of ether oxygens (including phenoxy) is 1. The quantitative estimate of drug-likeness (QED) is 0.745. The molecule has 0 atom stereocenters. The summed E-state index contributed by atoms with van der Waals surface area (Å²) in [5.74, 6) is 0. The van der Waals surface area contributed by atoms with Crippen molar-refractivity contribution >= 4 is 12.2 Å². The summed E-state index contributed by atoms with van der Waals surface area (Å²) in [6.07, 6.45) is -2.08. The fraction of sp³-hybridized carbons (Fsp3) is 0.200. The number of hydrogen-bond acceptors (Lipinski definition) is 3. The maximum atomic E-state index is 11.1. The first-order valence-corrected chi connectivity index (χ1v) is 4.53. The highest BCUT2D eigenvalue weighted by atomic mass is 16.6. The van der Waals surface area contributed by atoms with Crippen LogP contribution in [-0.2, 0) is 11.3 Å². The molecule has 0 radical (unpaired) electrons. The SMILES string of the molecule is CN(NC(=O)OCc1ccccc1)C(=O)O.